The molecule has 0 aliphatic carbocycles. The van der Waals surface area contributed by atoms with Gasteiger partial charge in [-0.15, -0.1) is 0 Å². The summed E-state index contributed by atoms with van der Waals surface area (Å²) in [6, 6.07) is 9.46. The van der Waals surface area contributed by atoms with Gasteiger partial charge in [-0.3, -0.25) is 4.90 Å². The summed E-state index contributed by atoms with van der Waals surface area (Å²) in [5.74, 6) is 1.37. The molecule has 25 heavy (non-hydrogen) atoms. The first-order valence-electron chi connectivity index (χ1n) is 8.03. The normalized spacial score (nSPS) is 14.9. The van der Waals surface area contributed by atoms with E-state index in [4.69, 9.17) is 9.47 Å². The number of fused-ring (bicyclic) bond motifs is 1. The van der Waals surface area contributed by atoms with Crippen LogP contribution in [0.15, 0.2) is 36.4 Å². The number of methoxy groups -OCH3 is 2. The Kier molecular flexibility index (Phi) is 4.90. The summed E-state index contributed by atoms with van der Waals surface area (Å²) in [7, 11) is 3.19. The first-order chi connectivity index (χ1) is 11.9. The molecule has 3 rings (SSSR count). The molecule has 3 nitrogen and oxygen atoms in total. The van der Waals surface area contributed by atoms with E-state index in [0.29, 0.717) is 30.2 Å². The van der Waals surface area contributed by atoms with Crippen molar-refractivity contribution in [3.8, 4) is 11.5 Å². The number of nitrogens with zero attached hydrogens (tertiary/aromatic N) is 1. The molecule has 0 atom stereocenters. The maximum Gasteiger partial charge on any atom is 0.416 e. The molecule has 1 heterocycles. The fraction of sp³-hybridized carbons (Fsp3) is 0.368. The highest BCUT2D eigenvalue weighted by atomic mass is 19.4. The van der Waals surface area contributed by atoms with Gasteiger partial charge in [0.1, 0.15) is 0 Å². The van der Waals surface area contributed by atoms with E-state index >= 15 is 0 Å². The third-order valence-corrected chi connectivity index (χ3v) is 4.46. The zero-order valence-corrected chi connectivity index (χ0v) is 14.2. The first kappa shape index (κ1) is 17.6. The number of rotatable bonds is 4. The van der Waals surface area contributed by atoms with Crippen molar-refractivity contribution in [1.82, 2.24) is 4.90 Å². The Balaban J connectivity index is 1.77. The number of benzene rings is 2. The van der Waals surface area contributed by atoms with Gasteiger partial charge in [-0.2, -0.15) is 13.2 Å². The van der Waals surface area contributed by atoms with E-state index in [1.165, 1.54) is 17.7 Å². The van der Waals surface area contributed by atoms with Gasteiger partial charge >= 0.3 is 6.18 Å². The smallest absolute Gasteiger partial charge is 0.416 e. The van der Waals surface area contributed by atoms with Crippen LogP contribution in [0, 0.1) is 0 Å². The van der Waals surface area contributed by atoms with Gasteiger partial charge in [0.05, 0.1) is 19.8 Å². The summed E-state index contributed by atoms with van der Waals surface area (Å²) >= 11 is 0. The zero-order chi connectivity index (χ0) is 18.0. The summed E-state index contributed by atoms with van der Waals surface area (Å²) in [4.78, 5) is 2.14. The fourth-order valence-corrected chi connectivity index (χ4v) is 3.18. The number of hydrogen-bond acceptors (Lipinski definition) is 3. The second-order valence-electron chi connectivity index (χ2n) is 6.13. The minimum atomic E-state index is -4.31. The van der Waals surface area contributed by atoms with Gasteiger partial charge in [-0.25, -0.2) is 0 Å². The first-order valence-corrected chi connectivity index (χ1v) is 8.03. The molecule has 0 N–H and O–H groups in total. The standard InChI is InChI=1S/C19H20F3NO2/c1-24-17-9-14-6-7-23(12-15(14)10-18(17)25-2)11-13-4-3-5-16(8-13)19(20,21)22/h3-5,8-10H,6-7,11-12H2,1-2H3. The van der Waals surface area contributed by atoms with Gasteiger partial charge in [0.2, 0.25) is 0 Å². The summed E-state index contributed by atoms with van der Waals surface area (Å²) in [6.07, 6.45) is -3.48. The van der Waals surface area contributed by atoms with Crippen molar-refractivity contribution in [1.29, 1.82) is 0 Å². The molecule has 0 spiro atoms. The Morgan fingerprint density at radius 3 is 2.32 bits per heavy atom. The molecule has 0 radical (unpaired) electrons. The van der Waals surface area contributed by atoms with Crippen molar-refractivity contribution in [2.45, 2.75) is 25.7 Å². The summed E-state index contributed by atoms with van der Waals surface area (Å²) < 4.78 is 49.2. The van der Waals surface area contributed by atoms with Gasteiger partial charge in [0.25, 0.3) is 0 Å². The molecule has 1 aliphatic heterocycles. The van der Waals surface area contributed by atoms with Crippen molar-refractivity contribution in [2.75, 3.05) is 20.8 Å². The van der Waals surface area contributed by atoms with Crippen LogP contribution < -0.4 is 9.47 Å². The van der Waals surface area contributed by atoms with E-state index in [1.54, 1.807) is 20.3 Å². The van der Waals surface area contributed by atoms with Gasteiger partial charge in [-0.1, -0.05) is 18.2 Å². The highest BCUT2D eigenvalue weighted by Crippen LogP contribution is 2.34. The molecule has 0 saturated carbocycles. The summed E-state index contributed by atoms with van der Waals surface area (Å²) in [5, 5.41) is 0. The van der Waals surface area contributed by atoms with Gasteiger partial charge in [0, 0.05) is 19.6 Å². The Morgan fingerprint density at radius 2 is 1.68 bits per heavy atom. The van der Waals surface area contributed by atoms with E-state index < -0.39 is 11.7 Å². The Labute approximate surface area is 145 Å². The lowest BCUT2D eigenvalue weighted by Gasteiger charge is -2.29. The Morgan fingerprint density at radius 1 is 1.00 bits per heavy atom. The van der Waals surface area contributed by atoms with Crippen LogP contribution in [0.25, 0.3) is 0 Å². The average Bonchev–Trinajstić information content (AvgIpc) is 2.60. The van der Waals surface area contributed by atoms with Crippen molar-refractivity contribution >= 4 is 0 Å². The molecule has 1 aliphatic rings. The maximum atomic E-state index is 12.9. The lowest BCUT2D eigenvalue weighted by atomic mass is 9.98. The third-order valence-electron chi connectivity index (χ3n) is 4.46. The van der Waals surface area contributed by atoms with Gasteiger partial charge in [0.15, 0.2) is 11.5 Å². The van der Waals surface area contributed by atoms with Gasteiger partial charge < -0.3 is 9.47 Å². The monoisotopic (exact) mass is 351 g/mol. The molecule has 0 saturated heterocycles. The minimum Gasteiger partial charge on any atom is -0.493 e. The third kappa shape index (κ3) is 3.90. The molecular formula is C19H20F3NO2. The molecule has 2 aromatic carbocycles. The van der Waals surface area contributed by atoms with E-state index in [-0.39, 0.29) is 0 Å². The van der Waals surface area contributed by atoms with Crippen molar-refractivity contribution in [3.05, 3.63) is 58.7 Å². The second-order valence-corrected chi connectivity index (χ2v) is 6.13. The van der Waals surface area contributed by atoms with Crippen LogP contribution in [0.4, 0.5) is 13.2 Å². The fourth-order valence-electron chi connectivity index (χ4n) is 3.18. The van der Waals surface area contributed by atoms with Crippen molar-refractivity contribution < 1.29 is 22.6 Å². The molecule has 0 aromatic heterocycles. The van der Waals surface area contributed by atoms with Crippen LogP contribution in [0.3, 0.4) is 0 Å². The van der Waals surface area contributed by atoms with Crippen LogP contribution >= 0.6 is 0 Å². The van der Waals surface area contributed by atoms with Crippen LogP contribution in [-0.2, 0) is 25.7 Å². The average molecular weight is 351 g/mol. The number of hydrogen-bond donors (Lipinski definition) is 0. The lowest BCUT2D eigenvalue weighted by molar-refractivity contribution is -0.137. The molecule has 0 unspecified atom stereocenters. The van der Waals surface area contributed by atoms with Crippen molar-refractivity contribution in [2.24, 2.45) is 0 Å². The number of alkyl halides is 3. The van der Waals surface area contributed by atoms with E-state index in [0.717, 1.165) is 24.6 Å². The highest BCUT2D eigenvalue weighted by molar-refractivity contribution is 5.48. The van der Waals surface area contributed by atoms with Crippen LogP contribution in [-0.4, -0.2) is 25.7 Å². The number of ether oxygens (including phenoxy) is 2. The van der Waals surface area contributed by atoms with E-state index in [9.17, 15) is 13.2 Å². The minimum absolute atomic E-state index is 0.484. The molecule has 134 valence electrons. The van der Waals surface area contributed by atoms with Crippen molar-refractivity contribution in [3.63, 3.8) is 0 Å². The van der Waals surface area contributed by atoms with Crippen LogP contribution in [0.1, 0.15) is 22.3 Å². The van der Waals surface area contributed by atoms with Crippen LogP contribution in [0.2, 0.25) is 0 Å². The second kappa shape index (κ2) is 6.96. The molecule has 0 amide bonds. The molecule has 2 aromatic rings. The topological polar surface area (TPSA) is 21.7 Å². The highest BCUT2D eigenvalue weighted by Gasteiger charge is 2.30. The Hall–Kier alpha value is -2.21. The molecular weight excluding hydrogens is 331 g/mol. The quantitative estimate of drug-likeness (QED) is 0.821. The zero-order valence-electron chi connectivity index (χ0n) is 14.2. The maximum absolute atomic E-state index is 12.9. The van der Waals surface area contributed by atoms with E-state index in [2.05, 4.69) is 4.90 Å². The predicted octanol–water partition coefficient (Wildman–Crippen LogP) is 4.28. The van der Waals surface area contributed by atoms with Crippen LogP contribution in [0.5, 0.6) is 11.5 Å². The Bertz CT molecular complexity index is 759. The summed E-state index contributed by atoms with van der Waals surface area (Å²) in [6.45, 7) is 1.95. The van der Waals surface area contributed by atoms with Gasteiger partial charge in [-0.05, 0) is 41.3 Å². The lowest BCUT2D eigenvalue weighted by Crippen LogP contribution is -2.30. The van der Waals surface area contributed by atoms with E-state index in [1.807, 2.05) is 12.1 Å². The SMILES string of the molecule is COc1cc2c(cc1OC)CN(Cc1cccc(C(F)(F)F)c1)CC2. The predicted molar refractivity (Wildman–Crippen MR) is 88.8 cm³/mol. The molecule has 0 bridgehead atoms. The largest absolute Gasteiger partial charge is 0.493 e. The molecule has 0 fully saturated rings. The number of halogens is 3. The molecule has 6 heteroatoms. The summed E-state index contributed by atoms with van der Waals surface area (Å²) in [5.41, 5.74) is 2.38.